The van der Waals surface area contributed by atoms with Crippen molar-refractivity contribution in [1.29, 1.82) is 0 Å². The number of carbonyl (C=O) groups is 4. The molecule has 1 saturated heterocycles. The lowest BCUT2D eigenvalue weighted by Gasteiger charge is -2.48. The molecule has 2 heterocycles. The maximum Gasteiger partial charge on any atom is 0.271 e. The highest BCUT2D eigenvalue weighted by Crippen LogP contribution is 2.44. The first-order chi connectivity index (χ1) is 14.4. The van der Waals surface area contributed by atoms with E-state index in [4.69, 9.17) is 0 Å². The van der Waals surface area contributed by atoms with Crippen LogP contribution in [0.25, 0.3) is 0 Å². The summed E-state index contributed by atoms with van der Waals surface area (Å²) >= 11 is 0. The average Bonchev–Trinajstić information content (AvgIpc) is 3.08. The van der Waals surface area contributed by atoms with Crippen molar-refractivity contribution >= 4 is 40.7 Å². The standard InChI is InChI=1S/C22H22N4O4/c1-3-25-20(29)17-6-4-5-7-18(17)26-19(28)12-13-22(25,26)21(30)24-16-10-8-15(9-11-16)23-14(2)27/h4-11H,3,12-13H2,1-2H3,(H,23,27)(H,24,30). The molecule has 2 aromatic rings. The van der Waals surface area contributed by atoms with Gasteiger partial charge in [0.05, 0.1) is 11.3 Å². The van der Waals surface area contributed by atoms with Crippen LogP contribution in [0.5, 0.6) is 0 Å². The second kappa shape index (κ2) is 7.29. The van der Waals surface area contributed by atoms with Gasteiger partial charge in [0.1, 0.15) is 0 Å². The Labute approximate surface area is 173 Å². The largest absolute Gasteiger partial charge is 0.326 e. The molecular formula is C22H22N4O4. The Kier molecular flexibility index (Phi) is 4.77. The van der Waals surface area contributed by atoms with Gasteiger partial charge in [-0.05, 0) is 43.3 Å². The first kappa shape index (κ1) is 19.6. The highest BCUT2D eigenvalue weighted by Gasteiger charge is 2.60. The predicted molar refractivity (Wildman–Crippen MR) is 112 cm³/mol. The van der Waals surface area contributed by atoms with E-state index in [2.05, 4.69) is 10.6 Å². The van der Waals surface area contributed by atoms with Crippen LogP contribution in [0, 0.1) is 0 Å². The minimum absolute atomic E-state index is 0.174. The van der Waals surface area contributed by atoms with Crippen molar-refractivity contribution in [3.63, 3.8) is 0 Å². The number of benzene rings is 2. The highest BCUT2D eigenvalue weighted by atomic mass is 16.2. The molecule has 1 atom stereocenters. The number of hydrogen-bond donors (Lipinski definition) is 2. The van der Waals surface area contributed by atoms with Crippen LogP contribution < -0.4 is 15.5 Å². The molecule has 4 rings (SSSR count). The van der Waals surface area contributed by atoms with Gasteiger partial charge in [0, 0.05) is 37.7 Å². The summed E-state index contributed by atoms with van der Waals surface area (Å²) in [6, 6.07) is 13.5. The first-order valence-corrected chi connectivity index (χ1v) is 9.81. The van der Waals surface area contributed by atoms with E-state index in [0.717, 1.165) is 0 Å². The summed E-state index contributed by atoms with van der Waals surface area (Å²) in [6.45, 7) is 3.49. The lowest BCUT2D eigenvalue weighted by atomic mass is 9.95. The van der Waals surface area contributed by atoms with Gasteiger partial charge >= 0.3 is 0 Å². The minimum Gasteiger partial charge on any atom is -0.326 e. The van der Waals surface area contributed by atoms with E-state index in [1.807, 2.05) is 0 Å². The summed E-state index contributed by atoms with van der Waals surface area (Å²) in [5, 5.41) is 5.52. The molecule has 0 aliphatic carbocycles. The summed E-state index contributed by atoms with van der Waals surface area (Å²) < 4.78 is 0. The maximum atomic E-state index is 13.5. The van der Waals surface area contributed by atoms with E-state index < -0.39 is 11.6 Å². The summed E-state index contributed by atoms with van der Waals surface area (Å²) in [4.78, 5) is 53.6. The number of nitrogens with zero attached hydrogens (tertiary/aromatic N) is 2. The molecule has 0 bridgehead atoms. The van der Waals surface area contributed by atoms with Gasteiger partial charge in [0.2, 0.25) is 17.5 Å². The summed E-state index contributed by atoms with van der Waals surface area (Å²) in [5.41, 5.74) is 0.579. The van der Waals surface area contributed by atoms with Crippen molar-refractivity contribution < 1.29 is 19.2 Å². The second-order valence-corrected chi connectivity index (χ2v) is 7.32. The Hall–Kier alpha value is -3.68. The molecule has 0 aromatic heterocycles. The molecule has 2 aromatic carbocycles. The van der Waals surface area contributed by atoms with Crippen LogP contribution in [0.15, 0.2) is 48.5 Å². The second-order valence-electron chi connectivity index (χ2n) is 7.32. The van der Waals surface area contributed by atoms with Gasteiger partial charge in [-0.2, -0.15) is 0 Å². The van der Waals surface area contributed by atoms with E-state index in [1.54, 1.807) is 55.5 Å². The third-order valence-corrected chi connectivity index (χ3v) is 5.52. The van der Waals surface area contributed by atoms with Crippen molar-refractivity contribution in [2.75, 3.05) is 22.1 Å². The molecule has 2 N–H and O–H groups in total. The monoisotopic (exact) mass is 406 g/mol. The van der Waals surface area contributed by atoms with Crippen LogP contribution in [0.2, 0.25) is 0 Å². The third-order valence-electron chi connectivity index (χ3n) is 5.52. The Morgan fingerprint density at radius 2 is 1.63 bits per heavy atom. The molecule has 1 fully saturated rings. The van der Waals surface area contributed by atoms with Crippen molar-refractivity contribution in [3.8, 4) is 0 Å². The van der Waals surface area contributed by atoms with E-state index in [0.29, 0.717) is 22.6 Å². The number of nitrogens with one attached hydrogen (secondary N) is 2. The van der Waals surface area contributed by atoms with Crippen LogP contribution in [-0.2, 0) is 14.4 Å². The fourth-order valence-corrected chi connectivity index (χ4v) is 4.28. The van der Waals surface area contributed by atoms with E-state index in [1.165, 1.54) is 16.7 Å². The molecule has 2 aliphatic rings. The molecule has 1 unspecified atom stereocenters. The molecule has 30 heavy (non-hydrogen) atoms. The zero-order valence-electron chi connectivity index (χ0n) is 16.8. The average molecular weight is 406 g/mol. The van der Waals surface area contributed by atoms with Crippen LogP contribution in [0.4, 0.5) is 17.1 Å². The molecular weight excluding hydrogens is 384 g/mol. The fraction of sp³-hybridized carbons (Fsp3) is 0.273. The van der Waals surface area contributed by atoms with Crippen LogP contribution >= 0.6 is 0 Å². The molecule has 0 saturated carbocycles. The Balaban J connectivity index is 1.72. The van der Waals surface area contributed by atoms with Gasteiger partial charge in [0.25, 0.3) is 11.8 Å². The summed E-state index contributed by atoms with van der Waals surface area (Å²) in [7, 11) is 0. The van der Waals surface area contributed by atoms with E-state index >= 15 is 0 Å². The molecule has 0 spiro atoms. The number of likely N-dealkylation sites (N-methyl/N-ethyl adjacent to an activating group) is 1. The lowest BCUT2D eigenvalue weighted by molar-refractivity contribution is -0.128. The van der Waals surface area contributed by atoms with Crippen LogP contribution in [0.1, 0.15) is 37.0 Å². The number of anilines is 3. The molecule has 4 amide bonds. The number of rotatable bonds is 4. The lowest BCUT2D eigenvalue weighted by Crippen LogP contribution is -2.69. The van der Waals surface area contributed by atoms with Crippen molar-refractivity contribution in [2.24, 2.45) is 0 Å². The number of hydrogen-bond acceptors (Lipinski definition) is 4. The van der Waals surface area contributed by atoms with E-state index in [-0.39, 0.29) is 37.1 Å². The quantitative estimate of drug-likeness (QED) is 0.815. The number of carbonyl (C=O) groups excluding carboxylic acids is 4. The van der Waals surface area contributed by atoms with Crippen LogP contribution in [0.3, 0.4) is 0 Å². The van der Waals surface area contributed by atoms with Gasteiger partial charge in [-0.1, -0.05) is 12.1 Å². The van der Waals surface area contributed by atoms with Gasteiger partial charge in [-0.25, -0.2) is 0 Å². The van der Waals surface area contributed by atoms with Gasteiger partial charge in [-0.15, -0.1) is 0 Å². The number of amides is 4. The molecule has 0 radical (unpaired) electrons. The van der Waals surface area contributed by atoms with Gasteiger partial charge in [-0.3, -0.25) is 24.1 Å². The molecule has 154 valence electrons. The number of para-hydroxylation sites is 1. The van der Waals surface area contributed by atoms with Gasteiger partial charge in [0.15, 0.2) is 0 Å². The topological polar surface area (TPSA) is 98.8 Å². The van der Waals surface area contributed by atoms with E-state index in [9.17, 15) is 19.2 Å². The highest BCUT2D eigenvalue weighted by molar-refractivity contribution is 6.18. The maximum absolute atomic E-state index is 13.5. The van der Waals surface area contributed by atoms with Crippen molar-refractivity contribution in [1.82, 2.24) is 4.90 Å². The summed E-state index contributed by atoms with van der Waals surface area (Å²) in [5.74, 6) is -1.09. The normalized spacial score (nSPS) is 19.9. The minimum atomic E-state index is -1.41. The fourth-order valence-electron chi connectivity index (χ4n) is 4.28. The number of fused-ring (bicyclic) bond motifs is 3. The molecule has 8 heteroatoms. The van der Waals surface area contributed by atoms with Crippen molar-refractivity contribution in [2.45, 2.75) is 32.4 Å². The molecule has 8 nitrogen and oxygen atoms in total. The van der Waals surface area contributed by atoms with Crippen molar-refractivity contribution in [3.05, 3.63) is 54.1 Å². The molecule has 2 aliphatic heterocycles. The summed E-state index contributed by atoms with van der Waals surface area (Å²) in [6.07, 6.45) is 0.391. The Bertz CT molecular complexity index is 1050. The SMILES string of the molecule is CCN1C(=O)c2ccccc2N2C(=O)CCC12C(=O)Nc1ccc(NC(C)=O)cc1. The predicted octanol–water partition coefficient (Wildman–Crippen LogP) is 2.58. The zero-order valence-corrected chi connectivity index (χ0v) is 16.8. The Morgan fingerprint density at radius 1 is 1.00 bits per heavy atom. The van der Waals surface area contributed by atoms with Crippen LogP contribution in [-0.4, -0.2) is 40.7 Å². The Morgan fingerprint density at radius 3 is 2.27 bits per heavy atom. The van der Waals surface area contributed by atoms with Gasteiger partial charge < -0.3 is 15.5 Å². The first-order valence-electron chi connectivity index (χ1n) is 9.81. The zero-order chi connectivity index (χ0) is 21.5. The third kappa shape index (κ3) is 2.92. The smallest absolute Gasteiger partial charge is 0.271 e.